The van der Waals surface area contributed by atoms with E-state index in [1.54, 1.807) is 11.3 Å². The van der Waals surface area contributed by atoms with Crippen LogP contribution in [0.5, 0.6) is 0 Å². The quantitative estimate of drug-likeness (QED) is 0.914. The van der Waals surface area contributed by atoms with Crippen molar-refractivity contribution in [2.24, 2.45) is 0 Å². The minimum Gasteiger partial charge on any atom is -0.329 e. The summed E-state index contributed by atoms with van der Waals surface area (Å²) in [6, 6.07) is 2.21. The summed E-state index contributed by atoms with van der Waals surface area (Å²) in [4.78, 5) is 19.9. The molecular weight excluding hydrogens is 260 g/mol. The first-order valence-electron chi connectivity index (χ1n) is 6.49. The number of nitrogens with zero attached hydrogens (tertiary/aromatic N) is 3. The molecule has 0 aromatic carbocycles. The van der Waals surface area contributed by atoms with Gasteiger partial charge in [-0.25, -0.2) is 4.98 Å². The van der Waals surface area contributed by atoms with Crippen LogP contribution in [0.4, 0.5) is 0 Å². The normalized spacial score (nSPS) is 18.4. The van der Waals surface area contributed by atoms with E-state index in [2.05, 4.69) is 33.6 Å². The zero-order valence-electron chi connectivity index (χ0n) is 11.0. The zero-order chi connectivity index (χ0) is 13.4. The van der Waals surface area contributed by atoms with Crippen molar-refractivity contribution in [2.75, 3.05) is 6.54 Å². The molecule has 0 radical (unpaired) electrons. The van der Waals surface area contributed by atoms with Crippen LogP contribution in [0.2, 0.25) is 0 Å². The standard InChI is InChI=1S/C13H16N4OS/c1-3-11-14-12(16-15-11)13(18)17-6-4-10-9(8(17)2)5-7-19-10/h5,7-8H,3-4,6H2,1-2H3,(H,14,15,16). The fourth-order valence-electron chi connectivity index (χ4n) is 2.46. The van der Waals surface area contributed by atoms with Crippen LogP contribution < -0.4 is 0 Å². The van der Waals surface area contributed by atoms with Crippen LogP contribution in [0.1, 0.15) is 46.8 Å². The highest BCUT2D eigenvalue weighted by molar-refractivity contribution is 7.10. The first kappa shape index (κ1) is 12.3. The molecule has 100 valence electrons. The van der Waals surface area contributed by atoms with E-state index in [1.807, 2.05) is 11.8 Å². The predicted molar refractivity (Wildman–Crippen MR) is 73.2 cm³/mol. The Hall–Kier alpha value is -1.69. The lowest BCUT2D eigenvalue weighted by atomic mass is 10.0. The SMILES string of the molecule is CCc1nc(C(=O)N2CCc3sccc3C2C)n[nH]1. The van der Waals surface area contributed by atoms with Crippen molar-refractivity contribution < 1.29 is 4.79 Å². The molecule has 1 aliphatic heterocycles. The lowest BCUT2D eigenvalue weighted by Crippen LogP contribution is -2.38. The lowest BCUT2D eigenvalue weighted by molar-refractivity contribution is 0.0667. The van der Waals surface area contributed by atoms with Crippen molar-refractivity contribution in [1.82, 2.24) is 20.1 Å². The van der Waals surface area contributed by atoms with E-state index in [0.29, 0.717) is 0 Å². The van der Waals surface area contributed by atoms with Crippen LogP contribution in [0.3, 0.4) is 0 Å². The maximum atomic E-state index is 12.5. The summed E-state index contributed by atoms with van der Waals surface area (Å²) in [6.45, 7) is 4.79. The molecule has 0 saturated heterocycles. The van der Waals surface area contributed by atoms with E-state index in [4.69, 9.17) is 0 Å². The average molecular weight is 276 g/mol. The molecule has 3 heterocycles. The summed E-state index contributed by atoms with van der Waals surface area (Å²) in [5, 5.41) is 8.91. The van der Waals surface area contributed by atoms with Crippen molar-refractivity contribution in [2.45, 2.75) is 32.7 Å². The second-order valence-corrected chi connectivity index (χ2v) is 5.68. The van der Waals surface area contributed by atoms with Gasteiger partial charge in [-0.1, -0.05) is 6.92 Å². The van der Waals surface area contributed by atoms with Gasteiger partial charge in [0.1, 0.15) is 5.82 Å². The lowest BCUT2D eigenvalue weighted by Gasteiger charge is -2.32. The number of rotatable bonds is 2. The fraction of sp³-hybridized carbons (Fsp3) is 0.462. The summed E-state index contributed by atoms with van der Waals surface area (Å²) in [5.74, 6) is 0.951. The van der Waals surface area contributed by atoms with Crippen LogP contribution in [-0.2, 0) is 12.8 Å². The Balaban J connectivity index is 1.85. The van der Waals surface area contributed by atoms with E-state index in [-0.39, 0.29) is 17.8 Å². The number of aromatic amines is 1. The number of thiophene rings is 1. The monoisotopic (exact) mass is 276 g/mol. The molecule has 1 N–H and O–H groups in total. The summed E-state index contributed by atoms with van der Waals surface area (Å²) < 4.78 is 0. The van der Waals surface area contributed by atoms with Gasteiger partial charge in [-0.15, -0.1) is 16.4 Å². The zero-order valence-corrected chi connectivity index (χ0v) is 11.8. The molecule has 19 heavy (non-hydrogen) atoms. The second-order valence-electron chi connectivity index (χ2n) is 4.68. The highest BCUT2D eigenvalue weighted by atomic mass is 32.1. The summed E-state index contributed by atoms with van der Waals surface area (Å²) in [5.41, 5.74) is 1.26. The van der Waals surface area contributed by atoms with Crippen molar-refractivity contribution >= 4 is 17.2 Å². The van der Waals surface area contributed by atoms with E-state index < -0.39 is 0 Å². The van der Waals surface area contributed by atoms with E-state index in [0.717, 1.165) is 25.2 Å². The highest BCUT2D eigenvalue weighted by Gasteiger charge is 2.30. The number of H-pyrrole nitrogens is 1. The van der Waals surface area contributed by atoms with Gasteiger partial charge >= 0.3 is 0 Å². The highest BCUT2D eigenvalue weighted by Crippen LogP contribution is 2.33. The molecule has 6 heteroatoms. The van der Waals surface area contributed by atoms with Crippen molar-refractivity contribution in [1.29, 1.82) is 0 Å². The summed E-state index contributed by atoms with van der Waals surface area (Å²) in [6.07, 6.45) is 1.68. The number of aryl methyl sites for hydroxylation is 1. The summed E-state index contributed by atoms with van der Waals surface area (Å²) in [7, 11) is 0. The number of nitrogens with one attached hydrogen (secondary N) is 1. The molecule has 2 aromatic rings. The van der Waals surface area contributed by atoms with E-state index in [1.165, 1.54) is 10.4 Å². The van der Waals surface area contributed by atoms with Gasteiger partial charge in [-0.05, 0) is 30.4 Å². The van der Waals surface area contributed by atoms with Gasteiger partial charge in [-0.3, -0.25) is 9.89 Å². The van der Waals surface area contributed by atoms with Crippen LogP contribution in [0.15, 0.2) is 11.4 Å². The second kappa shape index (κ2) is 4.77. The molecule has 0 bridgehead atoms. The Kier molecular flexibility index (Phi) is 3.10. The Bertz CT molecular complexity index is 603. The predicted octanol–water partition coefficient (Wildman–Crippen LogP) is 2.19. The number of hydrogen-bond acceptors (Lipinski definition) is 4. The molecule has 1 unspecified atom stereocenters. The third kappa shape index (κ3) is 2.06. The molecular formula is C13H16N4OS. The van der Waals surface area contributed by atoms with Crippen molar-refractivity contribution in [3.63, 3.8) is 0 Å². The van der Waals surface area contributed by atoms with Gasteiger partial charge in [0.2, 0.25) is 5.82 Å². The van der Waals surface area contributed by atoms with Crippen LogP contribution in [-0.4, -0.2) is 32.5 Å². The Labute approximate surface area is 115 Å². The van der Waals surface area contributed by atoms with Gasteiger partial charge < -0.3 is 4.90 Å². The van der Waals surface area contributed by atoms with Crippen molar-refractivity contribution in [3.05, 3.63) is 33.5 Å². The molecule has 1 atom stereocenters. The molecule has 0 aliphatic carbocycles. The van der Waals surface area contributed by atoms with E-state index >= 15 is 0 Å². The minimum absolute atomic E-state index is 0.0831. The van der Waals surface area contributed by atoms with Gasteiger partial charge in [0.15, 0.2) is 0 Å². The smallest absolute Gasteiger partial charge is 0.294 e. The molecule has 1 amide bonds. The number of aromatic nitrogens is 3. The third-order valence-corrected chi connectivity index (χ3v) is 4.59. The van der Waals surface area contributed by atoms with Crippen LogP contribution in [0, 0.1) is 0 Å². The Morgan fingerprint density at radius 1 is 1.63 bits per heavy atom. The Morgan fingerprint density at radius 2 is 2.47 bits per heavy atom. The maximum Gasteiger partial charge on any atom is 0.294 e. The van der Waals surface area contributed by atoms with Gasteiger partial charge in [-0.2, -0.15) is 0 Å². The topological polar surface area (TPSA) is 61.9 Å². The number of carbonyl (C=O) groups excluding carboxylic acids is 1. The third-order valence-electron chi connectivity index (χ3n) is 3.60. The van der Waals surface area contributed by atoms with Crippen molar-refractivity contribution in [3.8, 4) is 0 Å². The Morgan fingerprint density at radius 3 is 3.21 bits per heavy atom. The molecule has 5 nitrogen and oxygen atoms in total. The molecule has 0 saturated carbocycles. The molecule has 0 spiro atoms. The van der Waals surface area contributed by atoms with Gasteiger partial charge in [0.05, 0.1) is 6.04 Å². The number of amides is 1. The van der Waals surface area contributed by atoms with E-state index in [9.17, 15) is 4.79 Å². The maximum absolute atomic E-state index is 12.5. The number of fused-ring (bicyclic) bond motifs is 1. The van der Waals surface area contributed by atoms with Crippen LogP contribution in [0.25, 0.3) is 0 Å². The summed E-state index contributed by atoms with van der Waals surface area (Å²) >= 11 is 1.77. The number of hydrogen-bond donors (Lipinski definition) is 1. The van der Waals surface area contributed by atoms with Gasteiger partial charge in [0, 0.05) is 17.8 Å². The molecule has 2 aromatic heterocycles. The minimum atomic E-state index is -0.0831. The molecule has 1 aliphatic rings. The molecule has 0 fully saturated rings. The fourth-order valence-corrected chi connectivity index (χ4v) is 3.43. The van der Waals surface area contributed by atoms with Gasteiger partial charge in [0.25, 0.3) is 5.91 Å². The molecule has 3 rings (SSSR count). The average Bonchev–Trinajstić information content (AvgIpc) is 3.07. The first-order chi connectivity index (χ1) is 9.20. The van der Waals surface area contributed by atoms with Crippen LogP contribution >= 0.6 is 11.3 Å². The number of carbonyl (C=O) groups is 1. The first-order valence-corrected chi connectivity index (χ1v) is 7.37. The largest absolute Gasteiger partial charge is 0.329 e.